The fourth-order valence-corrected chi connectivity index (χ4v) is 1.58. The first-order valence-corrected chi connectivity index (χ1v) is 5.42. The molecule has 0 radical (unpaired) electrons. The molecule has 0 rings (SSSR count). The molecule has 0 amide bonds. The van der Waals surface area contributed by atoms with E-state index in [0.717, 1.165) is 12.8 Å². The van der Waals surface area contributed by atoms with E-state index in [-0.39, 0.29) is 6.54 Å². The third kappa shape index (κ3) is 7.62. The number of hydrogen-bond donors (Lipinski definition) is 1. The standard InChI is InChI=1S/C10H21F3N2/c1-3-9(4-2)7-15(6-5-14)8-10(11,12)13/h9H,3-8,14H2,1-2H3. The first-order chi connectivity index (χ1) is 6.92. The molecule has 15 heavy (non-hydrogen) atoms. The second kappa shape index (κ2) is 7.06. The molecule has 0 saturated carbocycles. The van der Waals surface area contributed by atoms with Gasteiger partial charge in [0.25, 0.3) is 0 Å². The van der Waals surface area contributed by atoms with E-state index in [2.05, 4.69) is 0 Å². The van der Waals surface area contributed by atoms with Crippen LogP contribution in [0.25, 0.3) is 0 Å². The Morgan fingerprint density at radius 2 is 1.73 bits per heavy atom. The molecule has 0 unspecified atom stereocenters. The summed E-state index contributed by atoms with van der Waals surface area (Å²) in [7, 11) is 0. The van der Waals surface area contributed by atoms with E-state index in [0.29, 0.717) is 19.0 Å². The first kappa shape index (κ1) is 14.7. The van der Waals surface area contributed by atoms with Crippen LogP contribution in [0.1, 0.15) is 26.7 Å². The van der Waals surface area contributed by atoms with Crippen LogP contribution < -0.4 is 5.73 Å². The fourth-order valence-electron chi connectivity index (χ4n) is 1.58. The zero-order valence-corrected chi connectivity index (χ0v) is 9.48. The van der Waals surface area contributed by atoms with E-state index < -0.39 is 12.7 Å². The van der Waals surface area contributed by atoms with Crippen LogP contribution in [0.4, 0.5) is 13.2 Å². The highest BCUT2D eigenvalue weighted by Gasteiger charge is 2.30. The smallest absolute Gasteiger partial charge is 0.329 e. The molecular weight excluding hydrogens is 205 g/mol. The Morgan fingerprint density at radius 3 is 2.07 bits per heavy atom. The van der Waals surface area contributed by atoms with Crippen LogP contribution in [-0.4, -0.2) is 37.3 Å². The molecule has 0 aromatic rings. The normalized spacial score (nSPS) is 12.8. The largest absolute Gasteiger partial charge is 0.401 e. The molecule has 0 aromatic heterocycles. The van der Waals surface area contributed by atoms with E-state index in [4.69, 9.17) is 5.73 Å². The van der Waals surface area contributed by atoms with Gasteiger partial charge in [-0.1, -0.05) is 26.7 Å². The van der Waals surface area contributed by atoms with E-state index in [1.54, 1.807) is 0 Å². The highest BCUT2D eigenvalue weighted by Crippen LogP contribution is 2.18. The van der Waals surface area contributed by atoms with Gasteiger partial charge in [0.05, 0.1) is 6.54 Å². The lowest BCUT2D eigenvalue weighted by atomic mass is 10.0. The second-order valence-corrected chi connectivity index (χ2v) is 3.82. The predicted molar refractivity (Wildman–Crippen MR) is 55.6 cm³/mol. The van der Waals surface area contributed by atoms with Gasteiger partial charge in [0.1, 0.15) is 0 Å². The lowest BCUT2D eigenvalue weighted by molar-refractivity contribution is -0.146. The summed E-state index contributed by atoms with van der Waals surface area (Å²) in [4.78, 5) is 1.40. The summed E-state index contributed by atoms with van der Waals surface area (Å²) in [5.74, 6) is 0.332. The van der Waals surface area contributed by atoms with Gasteiger partial charge >= 0.3 is 6.18 Å². The first-order valence-electron chi connectivity index (χ1n) is 5.42. The Balaban J connectivity index is 4.14. The monoisotopic (exact) mass is 226 g/mol. The van der Waals surface area contributed by atoms with Crippen molar-refractivity contribution in [2.75, 3.05) is 26.2 Å². The summed E-state index contributed by atoms with van der Waals surface area (Å²) >= 11 is 0. The average molecular weight is 226 g/mol. The van der Waals surface area contributed by atoms with E-state index in [1.165, 1.54) is 4.90 Å². The van der Waals surface area contributed by atoms with Gasteiger partial charge < -0.3 is 5.73 Å². The number of rotatable bonds is 7. The summed E-state index contributed by atoms with van der Waals surface area (Å²) in [6.07, 6.45) is -2.30. The molecule has 2 nitrogen and oxygen atoms in total. The predicted octanol–water partition coefficient (Wildman–Crippen LogP) is 2.25. The maximum Gasteiger partial charge on any atom is 0.401 e. The molecule has 0 fully saturated rings. The molecular formula is C10H21F3N2. The van der Waals surface area contributed by atoms with Gasteiger partial charge in [0.15, 0.2) is 0 Å². The topological polar surface area (TPSA) is 29.3 Å². The number of nitrogens with two attached hydrogens (primary N) is 1. The summed E-state index contributed by atoms with van der Waals surface area (Å²) < 4.78 is 36.6. The van der Waals surface area contributed by atoms with Gasteiger partial charge in [-0.05, 0) is 5.92 Å². The molecule has 0 spiro atoms. The molecule has 0 aliphatic rings. The van der Waals surface area contributed by atoms with Crippen molar-refractivity contribution in [3.05, 3.63) is 0 Å². The van der Waals surface area contributed by atoms with Crippen LogP contribution in [0.2, 0.25) is 0 Å². The minimum Gasteiger partial charge on any atom is -0.329 e. The van der Waals surface area contributed by atoms with Crippen molar-refractivity contribution in [1.82, 2.24) is 4.90 Å². The Bertz CT molecular complexity index is 155. The second-order valence-electron chi connectivity index (χ2n) is 3.82. The van der Waals surface area contributed by atoms with Crippen molar-refractivity contribution in [3.63, 3.8) is 0 Å². The maximum absolute atomic E-state index is 12.2. The zero-order chi connectivity index (χ0) is 11.9. The Morgan fingerprint density at radius 1 is 1.20 bits per heavy atom. The Hall–Kier alpha value is -0.290. The minimum absolute atomic E-state index is 0.274. The van der Waals surface area contributed by atoms with Gasteiger partial charge in [0.2, 0.25) is 0 Å². The fraction of sp³-hybridized carbons (Fsp3) is 1.00. The van der Waals surface area contributed by atoms with Gasteiger partial charge in [-0.15, -0.1) is 0 Å². The average Bonchev–Trinajstić information content (AvgIpc) is 2.11. The zero-order valence-electron chi connectivity index (χ0n) is 9.48. The molecule has 5 heteroatoms. The molecule has 0 bridgehead atoms. The minimum atomic E-state index is -4.12. The quantitative estimate of drug-likeness (QED) is 0.721. The van der Waals surface area contributed by atoms with E-state index in [1.807, 2.05) is 13.8 Å². The molecule has 0 aliphatic heterocycles. The van der Waals surface area contributed by atoms with Crippen molar-refractivity contribution in [3.8, 4) is 0 Å². The van der Waals surface area contributed by atoms with Gasteiger partial charge in [-0.3, -0.25) is 4.90 Å². The van der Waals surface area contributed by atoms with Crippen LogP contribution in [0.15, 0.2) is 0 Å². The van der Waals surface area contributed by atoms with Crippen molar-refractivity contribution < 1.29 is 13.2 Å². The van der Waals surface area contributed by atoms with Crippen molar-refractivity contribution in [1.29, 1.82) is 0 Å². The Labute approximate surface area is 89.6 Å². The molecule has 0 saturated heterocycles. The molecule has 0 heterocycles. The van der Waals surface area contributed by atoms with Crippen LogP contribution >= 0.6 is 0 Å². The SMILES string of the molecule is CCC(CC)CN(CCN)CC(F)(F)F. The molecule has 0 atom stereocenters. The van der Waals surface area contributed by atoms with Crippen LogP contribution in [0.3, 0.4) is 0 Å². The van der Waals surface area contributed by atoms with E-state index >= 15 is 0 Å². The highest BCUT2D eigenvalue weighted by molar-refractivity contribution is 4.68. The summed E-state index contributed by atoms with van der Waals surface area (Å²) in [5.41, 5.74) is 5.30. The number of alkyl halides is 3. The molecule has 2 N–H and O–H groups in total. The molecule has 92 valence electrons. The molecule has 0 aromatic carbocycles. The van der Waals surface area contributed by atoms with Crippen LogP contribution in [0.5, 0.6) is 0 Å². The van der Waals surface area contributed by atoms with E-state index in [9.17, 15) is 13.2 Å². The maximum atomic E-state index is 12.2. The van der Waals surface area contributed by atoms with Crippen molar-refractivity contribution in [2.45, 2.75) is 32.9 Å². The number of nitrogens with zero attached hydrogens (tertiary/aromatic N) is 1. The highest BCUT2D eigenvalue weighted by atomic mass is 19.4. The van der Waals surface area contributed by atoms with Gasteiger partial charge in [-0.2, -0.15) is 13.2 Å². The lowest BCUT2D eigenvalue weighted by Gasteiger charge is -2.26. The third-order valence-electron chi connectivity index (χ3n) is 2.52. The Kier molecular flexibility index (Phi) is 6.92. The summed E-state index contributed by atoms with van der Waals surface area (Å²) in [6.45, 7) is 4.24. The number of hydrogen-bond acceptors (Lipinski definition) is 2. The van der Waals surface area contributed by atoms with Crippen LogP contribution in [0, 0.1) is 5.92 Å². The van der Waals surface area contributed by atoms with Crippen LogP contribution in [-0.2, 0) is 0 Å². The van der Waals surface area contributed by atoms with Crippen molar-refractivity contribution >= 4 is 0 Å². The summed E-state index contributed by atoms with van der Waals surface area (Å²) in [5, 5.41) is 0. The van der Waals surface area contributed by atoms with Gasteiger partial charge in [-0.25, -0.2) is 0 Å². The third-order valence-corrected chi connectivity index (χ3v) is 2.52. The van der Waals surface area contributed by atoms with Gasteiger partial charge in [0, 0.05) is 19.6 Å². The lowest BCUT2D eigenvalue weighted by Crippen LogP contribution is -2.40. The molecule has 0 aliphatic carbocycles. The van der Waals surface area contributed by atoms with Crippen molar-refractivity contribution in [2.24, 2.45) is 11.7 Å². The number of halogens is 3. The summed E-state index contributed by atoms with van der Waals surface area (Å²) in [6, 6.07) is 0.